The van der Waals surface area contributed by atoms with Gasteiger partial charge in [0.15, 0.2) is 0 Å². The van der Waals surface area contributed by atoms with E-state index in [1.165, 1.54) is 0 Å². The SMILES string of the molecule is CC(NC(=O)c1cccc(C(N)=S)c1)c1cn[nH]c1. The average Bonchev–Trinajstić information content (AvgIpc) is 2.92. The van der Waals surface area contributed by atoms with E-state index in [1.54, 1.807) is 36.7 Å². The van der Waals surface area contributed by atoms with Gasteiger partial charge < -0.3 is 11.1 Å². The molecule has 1 aromatic carbocycles. The van der Waals surface area contributed by atoms with E-state index in [2.05, 4.69) is 15.5 Å². The van der Waals surface area contributed by atoms with Crippen LogP contribution in [-0.4, -0.2) is 21.1 Å². The normalized spacial score (nSPS) is 11.8. The molecule has 0 aliphatic rings. The Balaban J connectivity index is 2.12. The highest BCUT2D eigenvalue weighted by atomic mass is 32.1. The van der Waals surface area contributed by atoms with Gasteiger partial charge in [0, 0.05) is 22.9 Å². The molecule has 98 valence electrons. The topological polar surface area (TPSA) is 83.8 Å². The largest absolute Gasteiger partial charge is 0.389 e. The van der Waals surface area contributed by atoms with Crippen LogP contribution in [0.3, 0.4) is 0 Å². The van der Waals surface area contributed by atoms with Crippen molar-refractivity contribution in [3.05, 3.63) is 53.3 Å². The van der Waals surface area contributed by atoms with Crippen LogP contribution in [0.2, 0.25) is 0 Å². The number of rotatable bonds is 4. The number of amides is 1. The Morgan fingerprint density at radius 1 is 1.47 bits per heavy atom. The monoisotopic (exact) mass is 274 g/mol. The third-order valence-corrected chi connectivity index (χ3v) is 3.01. The van der Waals surface area contributed by atoms with E-state index in [-0.39, 0.29) is 16.9 Å². The van der Waals surface area contributed by atoms with Crippen LogP contribution in [0.4, 0.5) is 0 Å². The summed E-state index contributed by atoms with van der Waals surface area (Å²) in [6, 6.07) is 6.81. The maximum Gasteiger partial charge on any atom is 0.251 e. The molecule has 0 radical (unpaired) electrons. The molecule has 0 aliphatic heterocycles. The molecule has 1 unspecified atom stereocenters. The molecule has 0 fully saturated rings. The lowest BCUT2D eigenvalue weighted by atomic mass is 10.1. The molecule has 19 heavy (non-hydrogen) atoms. The zero-order valence-electron chi connectivity index (χ0n) is 10.4. The fourth-order valence-corrected chi connectivity index (χ4v) is 1.80. The minimum absolute atomic E-state index is 0.125. The fraction of sp³-hybridized carbons (Fsp3) is 0.154. The predicted octanol–water partition coefficient (Wildman–Crippen LogP) is 1.53. The van der Waals surface area contributed by atoms with Gasteiger partial charge in [-0.15, -0.1) is 0 Å². The maximum absolute atomic E-state index is 12.1. The minimum Gasteiger partial charge on any atom is -0.389 e. The van der Waals surface area contributed by atoms with Gasteiger partial charge in [-0.25, -0.2) is 0 Å². The van der Waals surface area contributed by atoms with Crippen molar-refractivity contribution in [1.82, 2.24) is 15.5 Å². The fourth-order valence-electron chi connectivity index (χ4n) is 1.67. The van der Waals surface area contributed by atoms with Crippen LogP contribution < -0.4 is 11.1 Å². The van der Waals surface area contributed by atoms with Gasteiger partial charge in [0.05, 0.1) is 12.2 Å². The summed E-state index contributed by atoms with van der Waals surface area (Å²) in [6.07, 6.45) is 3.42. The number of carbonyl (C=O) groups excluding carboxylic acids is 1. The summed E-state index contributed by atoms with van der Waals surface area (Å²) in [5.74, 6) is -0.174. The lowest BCUT2D eigenvalue weighted by Gasteiger charge is -2.12. The Hall–Kier alpha value is -2.21. The van der Waals surface area contributed by atoms with E-state index in [0.717, 1.165) is 5.56 Å². The van der Waals surface area contributed by atoms with Crippen LogP contribution in [0, 0.1) is 0 Å². The van der Waals surface area contributed by atoms with E-state index >= 15 is 0 Å². The van der Waals surface area contributed by atoms with Crippen molar-refractivity contribution >= 4 is 23.1 Å². The van der Waals surface area contributed by atoms with E-state index in [4.69, 9.17) is 18.0 Å². The van der Waals surface area contributed by atoms with Gasteiger partial charge in [0.1, 0.15) is 4.99 Å². The highest BCUT2D eigenvalue weighted by molar-refractivity contribution is 7.80. The number of hydrogen-bond acceptors (Lipinski definition) is 3. The van der Waals surface area contributed by atoms with Crippen molar-refractivity contribution in [3.8, 4) is 0 Å². The summed E-state index contributed by atoms with van der Waals surface area (Å²) in [6.45, 7) is 1.89. The van der Waals surface area contributed by atoms with Gasteiger partial charge in [-0.2, -0.15) is 5.10 Å². The first kappa shape index (κ1) is 13.2. The Labute approximate surface area is 116 Å². The summed E-state index contributed by atoms with van der Waals surface area (Å²) in [7, 11) is 0. The van der Waals surface area contributed by atoms with Crippen LogP contribution in [0.5, 0.6) is 0 Å². The van der Waals surface area contributed by atoms with E-state index < -0.39 is 0 Å². The molecular weight excluding hydrogens is 260 g/mol. The Bertz CT molecular complexity index is 594. The molecule has 0 spiro atoms. The number of benzene rings is 1. The molecular formula is C13H14N4OS. The lowest BCUT2D eigenvalue weighted by molar-refractivity contribution is 0.0940. The number of hydrogen-bond donors (Lipinski definition) is 3. The first-order valence-electron chi connectivity index (χ1n) is 5.77. The van der Waals surface area contributed by atoms with Gasteiger partial charge >= 0.3 is 0 Å². The second-order valence-corrected chi connectivity index (χ2v) is 4.61. The third kappa shape index (κ3) is 3.17. The van der Waals surface area contributed by atoms with Crippen molar-refractivity contribution in [3.63, 3.8) is 0 Å². The number of nitrogens with one attached hydrogen (secondary N) is 2. The van der Waals surface area contributed by atoms with Crippen LogP contribution in [0.25, 0.3) is 0 Å². The molecule has 0 saturated carbocycles. The second kappa shape index (κ2) is 5.62. The maximum atomic E-state index is 12.1. The highest BCUT2D eigenvalue weighted by Crippen LogP contribution is 2.11. The molecule has 0 saturated heterocycles. The van der Waals surface area contributed by atoms with Crippen molar-refractivity contribution in [2.75, 3.05) is 0 Å². The molecule has 0 bridgehead atoms. The van der Waals surface area contributed by atoms with Crippen LogP contribution >= 0.6 is 12.2 Å². The quantitative estimate of drug-likeness (QED) is 0.738. The van der Waals surface area contributed by atoms with Gasteiger partial charge in [-0.05, 0) is 19.1 Å². The summed E-state index contributed by atoms with van der Waals surface area (Å²) < 4.78 is 0. The lowest BCUT2D eigenvalue weighted by Crippen LogP contribution is -2.26. The van der Waals surface area contributed by atoms with Crippen LogP contribution in [0.15, 0.2) is 36.7 Å². The predicted molar refractivity (Wildman–Crippen MR) is 76.8 cm³/mol. The van der Waals surface area contributed by atoms with Gasteiger partial charge in [-0.3, -0.25) is 9.89 Å². The van der Waals surface area contributed by atoms with Crippen LogP contribution in [0.1, 0.15) is 34.5 Å². The minimum atomic E-state index is -0.174. The van der Waals surface area contributed by atoms with Crippen molar-refractivity contribution in [1.29, 1.82) is 0 Å². The average molecular weight is 274 g/mol. The molecule has 1 atom stereocenters. The Morgan fingerprint density at radius 2 is 2.21 bits per heavy atom. The van der Waals surface area contributed by atoms with E-state index in [1.807, 2.05) is 6.92 Å². The summed E-state index contributed by atoms with van der Waals surface area (Å²) >= 11 is 4.89. The van der Waals surface area contributed by atoms with Crippen molar-refractivity contribution in [2.24, 2.45) is 5.73 Å². The number of nitrogens with two attached hydrogens (primary N) is 1. The third-order valence-electron chi connectivity index (χ3n) is 2.78. The van der Waals surface area contributed by atoms with Crippen molar-refractivity contribution < 1.29 is 4.79 Å². The summed E-state index contributed by atoms with van der Waals surface area (Å²) in [4.78, 5) is 12.4. The summed E-state index contributed by atoms with van der Waals surface area (Å²) in [5.41, 5.74) is 7.67. The first-order valence-corrected chi connectivity index (χ1v) is 6.18. The molecule has 6 heteroatoms. The second-order valence-electron chi connectivity index (χ2n) is 4.17. The Kier molecular flexibility index (Phi) is 3.91. The van der Waals surface area contributed by atoms with E-state index in [9.17, 15) is 4.79 Å². The molecule has 1 heterocycles. The molecule has 0 aliphatic carbocycles. The zero-order valence-corrected chi connectivity index (χ0v) is 11.2. The number of aromatic nitrogens is 2. The molecule has 2 rings (SSSR count). The number of carbonyl (C=O) groups is 1. The molecule has 1 amide bonds. The number of aromatic amines is 1. The van der Waals surface area contributed by atoms with Gasteiger partial charge in [0.25, 0.3) is 5.91 Å². The molecule has 1 aromatic heterocycles. The van der Waals surface area contributed by atoms with E-state index in [0.29, 0.717) is 11.1 Å². The summed E-state index contributed by atoms with van der Waals surface area (Å²) in [5, 5.41) is 9.45. The molecule has 5 nitrogen and oxygen atoms in total. The molecule has 4 N–H and O–H groups in total. The highest BCUT2D eigenvalue weighted by Gasteiger charge is 2.12. The van der Waals surface area contributed by atoms with Crippen LogP contribution in [-0.2, 0) is 0 Å². The smallest absolute Gasteiger partial charge is 0.251 e. The number of nitrogens with zero attached hydrogens (tertiary/aromatic N) is 1. The Morgan fingerprint density at radius 3 is 2.84 bits per heavy atom. The molecule has 2 aromatic rings. The standard InChI is InChI=1S/C13H14N4OS/c1-8(11-6-15-16-7-11)17-13(18)10-4-2-3-9(5-10)12(14)19/h2-8H,1H3,(H2,14,19)(H,15,16)(H,17,18). The van der Waals surface area contributed by atoms with Gasteiger partial charge in [-0.1, -0.05) is 24.4 Å². The number of thiocarbonyl (C=S) groups is 1. The van der Waals surface area contributed by atoms with Gasteiger partial charge in [0.2, 0.25) is 0 Å². The number of H-pyrrole nitrogens is 1. The zero-order chi connectivity index (χ0) is 13.8. The van der Waals surface area contributed by atoms with Crippen molar-refractivity contribution in [2.45, 2.75) is 13.0 Å². The first-order chi connectivity index (χ1) is 9.08.